The highest BCUT2D eigenvalue weighted by atomic mass is 32.1. The maximum atomic E-state index is 12.5. The molecule has 5 rings (SSSR count). The van der Waals surface area contributed by atoms with E-state index in [2.05, 4.69) is 9.97 Å². The topological polar surface area (TPSA) is 91.3 Å². The molecule has 1 aliphatic rings. The predicted molar refractivity (Wildman–Crippen MR) is 115 cm³/mol. The standard InChI is InChI=1S/C22H20N4O3S/c1-26-7-6-22(28,21(26)27)14-5-3-4-13(8-14)18-12-30-20(25-18)17-11-24-19-16(17)9-15(29-2)10-23-19/h3-5,8-12,28H,6-7H2,1-2H3,(H,23,24)/t22-/m1/s1. The molecule has 0 bridgehead atoms. The molecule has 1 fully saturated rings. The molecular formula is C22H20N4O3S. The van der Waals surface area contributed by atoms with Crippen LogP contribution in [-0.2, 0) is 10.4 Å². The van der Waals surface area contributed by atoms with E-state index in [1.54, 1.807) is 31.3 Å². The summed E-state index contributed by atoms with van der Waals surface area (Å²) in [5.74, 6) is 0.422. The minimum Gasteiger partial charge on any atom is -0.495 e. The lowest BCUT2D eigenvalue weighted by Crippen LogP contribution is -2.36. The molecular weight excluding hydrogens is 400 g/mol. The first kappa shape index (κ1) is 18.8. The highest BCUT2D eigenvalue weighted by molar-refractivity contribution is 7.13. The number of nitrogens with zero attached hydrogens (tertiary/aromatic N) is 3. The monoisotopic (exact) mass is 420 g/mol. The molecule has 1 amide bonds. The number of hydrogen-bond donors (Lipinski definition) is 2. The Hall–Kier alpha value is -3.23. The van der Waals surface area contributed by atoms with Crippen LogP contribution in [0.2, 0.25) is 0 Å². The summed E-state index contributed by atoms with van der Waals surface area (Å²) in [6.45, 7) is 0.540. The number of pyridine rings is 1. The van der Waals surface area contributed by atoms with E-state index in [9.17, 15) is 9.90 Å². The molecule has 0 spiro atoms. The van der Waals surface area contributed by atoms with Crippen molar-refractivity contribution in [3.05, 3.63) is 53.7 Å². The number of aromatic nitrogens is 3. The van der Waals surface area contributed by atoms with Gasteiger partial charge in [-0.2, -0.15) is 0 Å². The zero-order valence-corrected chi connectivity index (χ0v) is 17.4. The van der Waals surface area contributed by atoms with E-state index in [1.165, 1.54) is 11.3 Å². The van der Waals surface area contributed by atoms with Crippen LogP contribution < -0.4 is 4.74 Å². The average Bonchev–Trinajstić information content (AvgIpc) is 3.48. The Morgan fingerprint density at radius 1 is 1.33 bits per heavy atom. The van der Waals surface area contributed by atoms with Crippen molar-refractivity contribution in [3.8, 4) is 27.6 Å². The highest BCUT2D eigenvalue weighted by Gasteiger charge is 2.45. The highest BCUT2D eigenvalue weighted by Crippen LogP contribution is 2.37. The van der Waals surface area contributed by atoms with E-state index < -0.39 is 5.60 Å². The Morgan fingerprint density at radius 3 is 2.97 bits per heavy atom. The number of nitrogens with one attached hydrogen (secondary N) is 1. The van der Waals surface area contributed by atoms with Crippen LogP contribution in [0.25, 0.3) is 32.9 Å². The zero-order chi connectivity index (χ0) is 20.9. The Bertz CT molecular complexity index is 1260. The van der Waals surface area contributed by atoms with Gasteiger partial charge in [-0.3, -0.25) is 4.79 Å². The quantitative estimate of drug-likeness (QED) is 0.528. The van der Waals surface area contributed by atoms with Gasteiger partial charge in [0.2, 0.25) is 0 Å². The summed E-state index contributed by atoms with van der Waals surface area (Å²) in [4.78, 5) is 26.4. The molecule has 0 unspecified atom stereocenters. The summed E-state index contributed by atoms with van der Waals surface area (Å²) in [5.41, 5.74) is 2.52. The van der Waals surface area contributed by atoms with Gasteiger partial charge in [0.1, 0.15) is 16.4 Å². The van der Waals surface area contributed by atoms with Crippen molar-refractivity contribution in [2.75, 3.05) is 20.7 Å². The third-order valence-electron chi connectivity index (χ3n) is 5.62. The van der Waals surface area contributed by atoms with Crippen LogP contribution in [0.5, 0.6) is 5.75 Å². The van der Waals surface area contributed by atoms with Crippen LogP contribution in [0.15, 0.2) is 48.1 Å². The largest absolute Gasteiger partial charge is 0.495 e. The molecule has 1 saturated heterocycles. The normalized spacial score (nSPS) is 19.0. The summed E-state index contributed by atoms with van der Waals surface area (Å²) in [7, 11) is 3.33. The third kappa shape index (κ3) is 2.88. The molecule has 8 heteroatoms. The molecule has 0 radical (unpaired) electrons. The van der Waals surface area contributed by atoms with Crippen LogP contribution in [0.3, 0.4) is 0 Å². The average molecular weight is 420 g/mol. The van der Waals surface area contributed by atoms with Gasteiger partial charge in [-0.15, -0.1) is 11.3 Å². The SMILES string of the molecule is COc1cnc2[nH]cc(-c3nc(-c4cccc([C@]5(O)CCN(C)C5=O)c4)cs3)c2c1. The van der Waals surface area contributed by atoms with Crippen LogP contribution in [-0.4, -0.2) is 51.6 Å². The van der Waals surface area contributed by atoms with E-state index in [-0.39, 0.29) is 5.91 Å². The summed E-state index contributed by atoms with van der Waals surface area (Å²) in [6.07, 6.45) is 3.96. The number of likely N-dealkylation sites (N-methyl/N-ethyl adjacent to an activating group) is 1. The minimum atomic E-state index is -1.47. The van der Waals surface area contributed by atoms with Crippen molar-refractivity contribution in [2.24, 2.45) is 0 Å². The van der Waals surface area contributed by atoms with Gasteiger partial charge in [0.15, 0.2) is 5.60 Å². The van der Waals surface area contributed by atoms with Crippen LogP contribution >= 0.6 is 11.3 Å². The van der Waals surface area contributed by atoms with E-state index in [0.29, 0.717) is 24.3 Å². The predicted octanol–water partition coefficient (Wildman–Crippen LogP) is 3.41. The molecule has 1 aliphatic heterocycles. The summed E-state index contributed by atoms with van der Waals surface area (Å²) < 4.78 is 5.30. The lowest BCUT2D eigenvalue weighted by Gasteiger charge is -2.21. The van der Waals surface area contributed by atoms with Gasteiger partial charge in [-0.05, 0) is 17.7 Å². The fraction of sp³-hybridized carbons (Fsp3) is 0.227. The maximum absolute atomic E-state index is 12.5. The van der Waals surface area contributed by atoms with Gasteiger partial charge < -0.3 is 19.7 Å². The van der Waals surface area contributed by atoms with Crippen molar-refractivity contribution >= 4 is 28.3 Å². The molecule has 4 aromatic rings. The van der Waals surface area contributed by atoms with Gasteiger partial charge in [0.05, 0.1) is 19.0 Å². The fourth-order valence-electron chi connectivity index (χ4n) is 3.86. The number of amides is 1. The number of aliphatic hydroxyl groups is 1. The lowest BCUT2D eigenvalue weighted by atomic mass is 9.90. The molecule has 0 saturated carbocycles. The molecule has 4 heterocycles. The number of carbonyl (C=O) groups is 1. The molecule has 2 N–H and O–H groups in total. The number of likely N-dealkylation sites (tertiary alicyclic amines) is 1. The number of thiazole rings is 1. The number of aromatic amines is 1. The van der Waals surface area contributed by atoms with E-state index in [0.717, 1.165) is 32.9 Å². The van der Waals surface area contributed by atoms with Gasteiger partial charge in [0.25, 0.3) is 5.91 Å². The van der Waals surface area contributed by atoms with E-state index >= 15 is 0 Å². The van der Waals surface area contributed by atoms with Crippen molar-refractivity contribution < 1.29 is 14.6 Å². The Labute approximate surface area is 177 Å². The number of methoxy groups -OCH3 is 1. The van der Waals surface area contributed by atoms with Crippen molar-refractivity contribution in [2.45, 2.75) is 12.0 Å². The van der Waals surface area contributed by atoms with E-state index in [4.69, 9.17) is 9.72 Å². The number of H-pyrrole nitrogens is 1. The Morgan fingerprint density at radius 2 is 2.20 bits per heavy atom. The lowest BCUT2D eigenvalue weighted by molar-refractivity contribution is -0.143. The molecule has 152 valence electrons. The first-order valence-electron chi connectivity index (χ1n) is 9.55. The van der Waals surface area contributed by atoms with Crippen LogP contribution in [0, 0.1) is 0 Å². The number of carbonyl (C=O) groups excluding carboxylic acids is 1. The molecule has 1 aromatic carbocycles. The minimum absolute atomic E-state index is 0.265. The van der Waals surface area contributed by atoms with Crippen molar-refractivity contribution in [1.82, 2.24) is 19.9 Å². The van der Waals surface area contributed by atoms with Gasteiger partial charge >= 0.3 is 0 Å². The first-order chi connectivity index (χ1) is 14.5. The van der Waals surface area contributed by atoms with Crippen LogP contribution in [0.1, 0.15) is 12.0 Å². The Kier molecular flexibility index (Phi) is 4.34. The number of rotatable bonds is 4. The second-order valence-electron chi connectivity index (χ2n) is 7.43. The summed E-state index contributed by atoms with van der Waals surface area (Å²) >= 11 is 1.53. The number of benzene rings is 1. The van der Waals surface area contributed by atoms with E-state index in [1.807, 2.05) is 35.8 Å². The molecule has 3 aromatic heterocycles. The fourth-order valence-corrected chi connectivity index (χ4v) is 4.72. The van der Waals surface area contributed by atoms with Gasteiger partial charge in [0, 0.05) is 48.1 Å². The number of ether oxygens (including phenoxy) is 1. The summed E-state index contributed by atoms with van der Waals surface area (Å²) in [5, 5.41) is 14.7. The second kappa shape index (κ2) is 6.93. The zero-order valence-electron chi connectivity index (χ0n) is 16.5. The summed E-state index contributed by atoms with van der Waals surface area (Å²) in [6, 6.07) is 9.39. The van der Waals surface area contributed by atoms with Crippen LogP contribution in [0.4, 0.5) is 0 Å². The van der Waals surface area contributed by atoms with Gasteiger partial charge in [-0.25, -0.2) is 9.97 Å². The molecule has 7 nitrogen and oxygen atoms in total. The third-order valence-corrected chi connectivity index (χ3v) is 6.50. The van der Waals surface area contributed by atoms with Gasteiger partial charge in [-0.1, -0.05) is 18.2 Å². The maximum Gasteiger partial charge on any atom is 0.258 e. The Balaban J connectivity index is 1.52. The second-order valence-corrected chi connectivity index (χ2v) is 8.29. The molecule has 30 heavy (non-hydrogen) atoms. The molecule has 1 atom stereocenters. The smallest absolute Gasteiger partial charge is 0.258 e. The molecule has 0 aliphatic carbocycles. The van der Waals surface area contributed by atoms with Crippen molar-refractivity contribution in [3.63, 3.8) is 0 Å². The number of fused-ring (bicyclic) bond motifs is 1. The first-order valence-corrected chi connectivity index (χ1v) is 10.4. The number of hydrogen-bond acceptors (Lipinski definition) is 6. The van der Waals surface area contributed by atoms with Crippen molar-refractivity contribution in [1.29, 1.82) is 0 Å².